The Morgan fingerprint density at radius 1 is 1.75 bits per heavy atom. The zero-order valence-corrected chi connectivity index (χ0v) is 8.32. The van der Waals surface area contributed by atoms with Crippen LogP contribution in [0, 0.1) is 23.2 Å². The molecule has 2 heterocycles. The number of fused-ring (bicyclic) bond motifs is 2. The molecular weight excluding hydrogens is 269 g/mol. The van der Waals surface area contributed by atoms with Gasteiger partial charge in [0.1, 0.15) is 6.10 Å². The number of carbonyl (C=O) groups excluding carboxylic acids is 1. The lowest BCUT2D eigenvalue weighted by atomic mass is 9.81. The highest BCUT2D eigenvalue weighted by atomic mass is 127. The lowest BCUT2D eigenvalue weighted by molar-refractivity contribution is -0.159. The highest BCUT2D eigenvalue weighted by Gasteiger charge is 2.42. The summed E-state index contributed by atoms with van der Waals surface area (Å²) in [5.74, 6) is -0.722. The molecule has 2 bridgehead atoms. The van der Waals surface area contributed by atoms with Gasteiger partial charge in [-0.1, -0.05) is 6.08 Å². The number of hydrogen-bond donors (Lipinski definition) is 0. The first-order valence-corrected chi connectivity index (χ1v) is 4.77. The van der Waals surface area contributed by atoms with Crippen molar-refractivity contribution >= 4 is 28.6 Å². The lowest BCUT2D eigenvalue weighted by Gasteiger charge is -2.35. The van der Waals surface area contributed by atoms with Gasteiger partial charge >= 0.3 is 5.97 Å². The first-order valence-electron chi connectivity index (χ1n) is 3.69. The van der Waals surface area contributed by atoms with Crippen molar-refractivity contribution in [3.63, 3.8) is 0 Å². The van der Waals surface area contributed by atoms with Gasteiger partial charge in [-0.15, -0.1) is 0 Å². The molecule has 1 fully saturated rings. The van der Waals surface area contributed by atoms with Crippen LogP contribution in [0.4, 0.5) is 0 Å². The third-order valence-corrected chi connectivity index (χ3v) is 3.30. The highest BCUT2D eigenvalue weighted by molar-refractivity contribution is 14.1. The molecule has 0 spiro atoms. The van der Waals surface area contributed by atoms with Gasteiger partial charge in [-0.3, -0.25) is 4.79 Å². The van der Waals surface area contributed by atoms with Gasteiger partial charge in [-0.05, 0) is 22.6 Å². The standard InChI is InChI=1S/C8H6INO2/c9-6-2-5-4(3-10)1-7(6)12-8(5)11/h2,4-5,7H,1H2/t4-,5-,7-/m0/s1. The van der Waals surface area contributed by atoms with Gasteiger partial charge < -0.3 is 4.74 Å². The molecule has 0 amide bonds. The van der Waals surface area contributed by atoms with E-state index >= 15 is 0 Å². The minimum Gasteiger partial charge on any atom is -0.456 e. The second-order valence-electron chi connectivity index (χ2n) is 2.97. The quantitative estimate of drug-likeness (QED) is 0.496. The van der Waals surface area contributed by atoms with Crippen molar-refractivity contribution in [2.75, 3.05) is 0 Å². The average molecular weight is 275 g/mol. The molecular formula is C8H6INO2. The SMILES string of the molecule is N#C[C@@H]1C[C@@H]2OC(=O)[C@H]1C=C2I. The Hall–Kier alpha value is -0.570. The van der Waals surface area contributed by atoms with Crippen LogP contribution < -0.4 is 0 Å². The lowest BCUT2D eigenvalue weighted by Crippen LogP contribution is -2.41. The fourth-order valence-corrected chi connectivity index (χ4v) is 2.34. The minimum atomic E-state index is -0.313. The van der Waals surface area contributed by atoms with E-state index in [4.69, 9.17) is 10.00 Å². The van der Waals surface area contributed by atoms with Crippen molar-refractivity contribution in [1.82, 2.24) is 0 Å². The minimum absolute atomic E-state index is 0.146. The summed E-state index contributed by atoms with van der Waals surface area (Å²) in [7, 11) is 0. The second-order valence-corrected chi connectivity index (χ2v) is 4.22. The van der Waals surface area contributed by atoms with Gasteiger partial charge in [0.25, 0.3) is 0 Å². The highest BCUT2D eigenvalue weighted by Crippen LogP contribution is 2.39. The molecule has 62 valence electrons. The van der Waals surface area contributed by atoms with Crippen LogP contribution >= 0.6 is 22.6 Å². The Bertz CT molecular complexity index is 305. The van der Waals surface area contributed by atoms with E-state index in [2.05, 4.69) is 28.7 Å². The van der Waals surface area contributed by atoms with E-state index < -0.39 is 0 Å². The summed E-state index contributed by atoms with van der Waals surface area (Å²) in [5, 5.41) is 8.73. The topological polar surface area (TPSA) is 50.1 Å². The molecule has 4 heteroatoms. The number of ether oxygens (including phenoxy) is 1. The fraction of sp³-hybridized carbons (Fsp3) is 0.500. The third-order valence-electron chi connectivity index (χ3n) is 2.24. The van der Waals surface area contributed by atoms with E-state index in [0.717, 1.165) is 3.58 Å². The maximum Gasteiger partial charge on any atom is 0.314 e. The molecule has 0 aromatic heterocycles. The second kappa shape index (κ2) is 2.73. The molecule has 1 saturated heterocycles. The number of rotatable bonds is 0. The molecule has 0 radical (unpaired) electrons. The van der Waals surface area contributed by atoms with E-state index in [0.29, 0.717) is 6.42 Å². The normalized spacial score (nSPS) is 38.5. The average Bonchev–Trinajstić information content (AvgIpc) is 2.06. The molecule has 2 aliphatic heterocycles. The molecule has 12 heavy (non-hydrogen) atoms. The first-order chi connectivity index (χ1) is 5.72. The van der Waals surface area contributed by atoms with Gasteiger partial charge in [0, 0.05) is 10.0 Å². The Balaban J connectivity index is 2.36. The molecule has 3 aliphatic rings. The van der Waals surface area contributed by atoms with E-state index in [1.54, 1.807) is 0 Å². The van der Waals surface area contributed by atoms with Crippen molar-refractivity contribution < 1.29 is 9.53 Å². The number of esters is 1. The molecule has 0 N–H and O–H groups in total. The van der Waals surface area contributed by atoms with E-state index in [9.17, 15) is 4.79 Å². The molecule has 0 aromatic rings. The summed E-state index contributed by atoms with van der Waals surface area (Å²) in [6.45, 7) is 0. The molecule has 0 aromatic carbocycles. The number of hydrogen-bond acceptors (Lipinski definition) is 3. The smallest absolute Gasteiger partial charge is 0.314 e. The van der Waals surface area contributed by atoms with Crippen molar-refractivity contribution in [1.29, 1.82) is 5.26 Å². The first kappa shape index (κ1) is 8.05. The number of nitrogens with zero attached hydrogens (tertiary/aromatic N) is 1. The summed E-state index contributed by atoms with van der Waals surface area (Å²) < 4.78 is 6.12. The molecule has 1 aliphatic carbocycles. The molecule has 3 rings (SSSR count). The molecule has 3 nitrogen and oxygen atoms in total. The predicted molar refractivity (Wildman–Crippen MR) is 49.2 cm³/mol. The number of halogens is 1. The Kier molecular flexibility index (Phi) is 1.83. The van der Waals surface area contributed by atoms with Crippen LogP contribution in [-0.2, 0) is 9.53 Å². The summed E-state index contributed by atoms with van der Waals surface area (Å²) in [4.78, 5) is 11.1. The van der Waals surface area contributed by atoms with Gasteiger partial charge in [-0.2, -0.15) is 5.26 Å². The van der Waals surface area contributed by atoms with Crippen molar-refractivity contribution in [3.8, 4) is 6.07 Å². The van der Waals surface area contributed by atoms with Crippen molar-refractivity contribution in [2.45, 2.75) is 12.5 Å². The summed E-state index contributed by atoms with van der Waals surface area (Å²) >= 11 is 2.16. The van der Waals surface area contributed by atoms with Crippen LogP contribution in [-0.4, -0.2) is 12.1 Å². The van der Waals surface area contributed by atoms with Crippen LogP contribution in [0.1, 0.15) is 6.42 Å². The van der Waals surface area contributed by atoms with E-state index in [-0.39, 0.29) is 23.9 Å². The Morgan fingerprint density at radius 2 is 2.50 bits per heavy atom. The van der Waals surface area contributed by atoms with Crippen LogP contribution in [0.25, 0.3) is 0 Å². The van der Waals surface area contributed by atoms with Crippen molar-refractivity contribution in [2.24, 2.45) is 11.8 Å². The molecule has 3 atom stereocenters. The van der Waals surface area contributed by atoms with Crippen LogP contribution in [0.3, 0.4) is 0 Å². The Labute approximate surface area is 83.5 Å². The molecule has 0 unspecified atom stereocenters. The summed E-state index contributed by atoms with van der Waals surface area (Å²) in [6.07, 6.45) is 2.38. The number of carbonyl (C=O) groups is 1. The van der Waals surface area contributed by atoms with Crippen molar-refractivity contribution in [3.05, 3.63) is 9.66 Å². The van der Waals surface area contributed by atoms with Gasteiger partial charge in [0.05, 0.1) is 17.9 Å². The zero-order valence-electron chi connectivity index (χ0n) is 6.16. The van der Waals surface area contributed by atoms with E-state index in [1.807, 2.05) is 6.08 Å². The maximum absolute atomic E-state index is 11.1. The summed E-state index contributed by atoms with van der Waals surface area (Å²) in [6, 6.07) is 2.14. The third kappa shape index (κ3) is 1.04. The fourth-order valence-electron chi connectivity index (χ4n) is 1.57. The monoisotopic (exact) mass is 275 g/mol. The molecule has 0 saturated carbocycles. The Morgan fingerprint density at radius 3 is 3.08 bits per heavy atom. The number of nitriles is 1. The van der Waals surface area contributed by atoms with Crippen LogP contribution in [0.5, 0.6) is 0 Å². The van der Waals surface area contributed by atoms with Gasteiger partial charge in [0.2, 0.25) is 0 Å². The largest absolute Gasteiger partial charge is 0.456 e. The van der Waals surface area contributed by atoms with Crippen LogP contribution in [0.15, 0.2) is 9.66 Å². The van der Waals surface area contributed by atoms with E-state index in [1.165, 1.54) is 0 Å². The zero-order chi connectivity index (χ0) is 8.72. The van der Waals surface area contributed by atoms with Gasteiger partial charge in [-0.25, -0.2) is 0 Å². The van der Waals surface area contributed by atoms with Gasteiger partial charge in [0.15, 0.2) is 0 Å². The summed E-state index contributed by atoms with van der Waals surface area (Å²) in [5.41, 5.74) is 0. The van der Waals surface area contributed by atoms with Crippen LogP contribution in [0.2, 0.25) is 0 Å². The predicted octanol–water partition coefficient (Wildman–Crippen LogP) is 1.39. The maximum atomic E-state index is 11.1.